The molecular weight excluding hydrogens is 517 g/mol. The minimum absolute atomic E-state index is 0.109. The van der Waals surface area contributed by atoms with Gasteiger partial charge in [0.2, 0.25) is 0 Å². The molecule has 9 heteroatoms. The molecule has 0 radical (unpaired) electrons. The normalized spacial score (nSPS) is 23.3. The topological polar surface area (TPSA) is 73.8 Å². The zero-order valence-corrected chi connectivity index (χ0v) is 22.6. The second-order valence-electron chi connectivity index (χ2n) is 11.1. The maximum absolute atomic E-state index is 16.6. The van der Waals surface area contributed by atoms with Crippen molar-refractivity contribution in [3.05, 3.63) is 53.3 Å². The highest BCUT2D eigenvalue weighted by Crippen LogP contribution is 2.42. The summed E-state index contributed by atoms with van der Waals surface area (Å²) in [5.74, 6) is 0.256. The molecule has 3 atom stereocenters. The van der Waals surface area contributed by atoms with Crippen molar-refractivity contribution in [3.63, 3.8) is 0 Å². The Morgan fingerprint density at radius 2 is 1.90 bits per heavy atom. The van der Waals surface area contributed by atoms with Crippen LogP contribution in [0.3, 0.4) is 0 Å². The SMILES string of the molecule is CN1CCC[C@H]1COc1nc(N2CC3CCC(C2)N3)c2cc(Cl)c(-c3cccc4ccc(O)cc34)c(F)c2n1. The maximum Gasteiger partial charge on any atom is 0.319 e. The molecule has 3 saturated heterocycles. The number of aromatic nitrogens is 2. The first kappa shape index (κ1) is 24.8. The summed E-state index contributed by atoms with van der Waals surface area (Å²) in [5.41, 5.74) is 1.05. The van der Waals surface area contributed by atoms with Gasteiger partial charge in [0.05, 0.1) is 5.02 Å². The Labute approximate surface area is 231 Å². The fourth-order valence-corrected chi connectivity index (χ4v) is 6.82. The van der Waals surface area contributed by atoms with Crippen LogP contribution in [0, 0.1) is 5.82 Å². The molecule has 202 valence electrons. The molecule has 2 N–H and O–H groups in total. The average Bonchev–Trinajstić information content (AvgIpc) is 3.50. The van der Waals surface area contributed by atoms with E-state index in [4.69, 9.17) is 21.3 Å². The van der Waals surface area contributed by atoms with E-state index in [0.717, 1.165) is 50.7 Å². The van der Waals surface area contributed by atoms with Crippen LogP contribution in [-0.2, 0) is 0 Å². The Kier molecular flexibility index (Phi) is 6.21. The predicted molar refractivity (Wildman–Crippen MR) is 152 cm³/mol. The first-order chi connectivity index (χ1) is 18.9. The number of phenols is 1. The quantitative estimate of drug-likeness (QED) is 0.348. The summed E-state index contributed by atoms with van der Waals surface area (Å²) in [7, 11) is 2.10. The Morgan fingerprint density at radius 3 is 2.67 bits per heavy atom. The van der Waals surface area contributed by atoms with Crippen LogP contribution in [0.15, 0.2) is 42.5 Å². The molecule has 0 aliphatic carbocycles. The summed E-state index contributed by atoms with van der Waals surface area (Å²) in [6.07, 6.45) is 4.43. The predicted octanol–water partition coefficient (Wildman–Crippen LogP) is 5.36. The lowest BCUT2D eigenvalue weighted by Crippen LogP contribution is -2.51. The van der Waals surface area contributed by atoms with Crippen molar-refractivity contribution in [3.8, 4) is 22.9 Å². The van der Waals surface area contributed by atoms with Crippen molar-refractivity contribution in [2.24, 2.45) is 0 Å². The monoisotopic (exact) mass is 547 g/mol. The summed E-state index contributed by atoms with van der Waals surface area (Å²) < 4.78 is 22.8. The summed E-state index contributed by atoms with van der Waals surface area (Å²) >= 11 is 6.84. The van der Waals surface area contributed by atoms with Crippen molar-refractivity contribution in [1.82, 2.24) is 20.2 Å². The number of nitrogens with zero attached hydrogens (tertiary/aromatic N) is 4. The van der Waals surface area contributed by atoms with Crippen LogP contribution in [-0.4, -0.2) is 71.4 Å². The lowest BCUT2D eigenvalue weighted by Gasteiger charge is -2.34. The summed E-state index contributed by atoms with van der Waals surface area (Å²) in [6.45, 7) is 3.07. The molecule has 0 amide bonds. The number of nitrogens with one attached hydrogen (secondary N) is 1. The van der Waals surface area contributed by atoms with Gasteiger partial charge in [0.25, 0.3) is 0 Å². The number of piperazine rings is 1. The minimum Gasteiger partial charge on any atom is -0.508 e. The van der Waals surface area contributed by atoms with Gasteiger partial charge >= 0.3 is 6.01 Å². The van der Waals surface area contributed by atoms with Crippen LogP contribution < -0.4 is 15.0 Å². The minimum atomic E-state index is -0.516. The van der Waals surface area contributed by atoms with Crippen molar-refractivity contribution in [2.75, 3.05) is 38.2 Å². The van der Waals surface area contributed by atoms with E-state index in [1.165, 1.54) is 0 Å². The highest BCUT2D eigenvalue weighted by molar-refractivity contribution is 6.35. The fraction of sp³-hybridized carbons (Fsp3) is 0.400. The lowest BCUT2D eigenvalue weighted by atomic mass is 9.96. The van der Waals surface area contributed by atoms with E-state index in [1.807, 2.05) is 24.3 Å². The van der Waals surface area contributed by atoms with Gasteiger partial charge in [-0.3, -0.25) is 0 Å². The number of anilines is 1. The molecule has 0 saturated carbocycles. The lowest BCUT2D eigenvalue weighted by molar-refractivity contribution is 0.188. The van der Waals surface area contributed by atoms with E-state index < -0.39 is 5.82 Å². The molecule has 7 rings (SSSR count). The van der Waals surface area contributed by atoms with Gasteiger partial charge in [-0.05, 0) is 73.8 Å². The largest absolute Gasteiger partial charge is 0.508 e. The summed E-state index contributed by atoms with van der Waals surface area (Å²) in [6, 6.07) is 13.7. The third-order valence-electron chi connectivity index (χ3n) is 8.57. The molecule has 2 unspecified atom stereocenters. The number of fused-ring (bicyclic) bond motifs is 4. The Morgan fingerprint density at radius 1 is 1.08 bits per heavy atom. The van der Waals surface area contributed by atoms with Crippen LogP contribution in [0.4, 0.5) is 10.2 Å². The second-order valence-corrected chi connectivity index (χ2v) is 11.5. The van der Waals surface area contributed by atoms with E-state index in [-0.39, 0.29) is 33.9 Å². The van der Waals surface area contributed by atoms with Gasteiger partial charge in [-0.25, -0.2) is 4.39 Å². The molecule has 7 nitrogen and oxygen atoms in total. The third-order valence-corrected chi connectivity index (χ3v) is 8.87. The highest BCUT2D eigenvalue weighted by atomic mass is 35.5. The molecule has 2 bridgehead atoms. The molecule has 3 aromatic carbocycles. The average molecular weight is 548 g/mol. The zero-order valence-electron chi connectivity index (χ0n) is 21.8. The number of hydrogen-bond donors (Lipinski definition) is 2. The van der Waals surface area contributed by atoms with E-state index in [1.54, 1.807) is 18.2 Å². The first-order valence-corrected chi connectivity index (χ1v) is 14.1. The van der Waals surface area contributed by atoms with E-state index in [2.05, 4.69) is 27.1 Å². The number of hydrogen-bond acceptors (Lipinski definition) is 7. The Bertz CT molecular complexity index is 1570. The third kappa shape index (κ3) is 4.44. The van der Waals surface area contributed by atoms with Crippen LogP contribution >= 0.6 is 11.6 Å². The molecule has 4 aromatic rings. The molecular formula is C30H31ClFN5O2. The van der Waals surface area contributed by atoms with E-state index >= 15 is 4.39 Å². The van der Waals surface area contributed by atoms with Crippen molar-refractivity contribution in [1.29, 1.82) is 0 Å². The van der Waals surface area contributed by atoms with E-state index in [9.17, 15) is 5.11 Å². The molecule has 3 fully saturated rings. The molecule has 3 aliphatic heterocycles. The molecule has 39 heavy (non-hydrogen) atoms. The van der Waals surface area contributed by atoms with Gasteiger partial charge in [-0.1, -0.05) is 35.9 Å². The van der Waals surface area contributed by atoms with Crippen molar-refractivity contribution >= 4 is 39.1 Å². The second kappa shape index (κ2) is 9.77. The number of rotatable bonds is 5. The molecule has 4 heterocycles. The standard InChI is InChI=1S/C30H31ClFN5O2/c1-36-11-3-5-20(36)16-39-30-34-28-24(29(35-30)37-14-18-8-9-19(15-37)33-18)13-25(31)26(27(28)32)22-6-2-4-17-7-10-21(38)12-23(17)22/h2,4,6-7,10,12-13,18-20,33,38H,3,5,8-9,11,14-16H2,1H3/t18?,19?,20-/m0/s1. The van der Waals surface area contributed by atoms with Crippen LogP contribution in [0.5, 0.6) is 11.8 Å². The van der Waals surface area contributed by atoms with Gasteiger partial charge in [0, 0.05) is 42.2 Å². The molecule has 3 aliphatic rings. The van der Waals surface area contributed by atoms with Crippen LogP contribution in [0.1, 0.15) is 25.7 Å². The number of phenolic OH excluding ortho intramolecular Hbond substituents is 1. The number of aromatic hydroxyl groups is 1. The number of benzene rings is 3. The Balaban J connectivity index is 1.38. The Hall–Kier alpha value is -3.20. The molecule has 1 aromatic heterocycles. The maximum atomic E-state index is 16.6. The van der Waals surface area contributed by atoms with Crippen molar-refractivity contribution in [2.45, 2.75) is 43.8 Å². The summed E-state index contributed by atoms with van der Waals surface area (Å²) in [5, 5.41) is 16.3. The number of halogens is 2. The van der Waals surface area contributed by atoms with Crippen LogP contribution in [0.25, 0.3) is 32.8 Å². The molecule has 0 spiro atoms. The van der Waals surface area contributed by atoms with Gasteiger partial charge in [-0.15, -0.1) is 0 Å². The number of likely N-dealkylation sites (N-methyl/N-ethyl adjacent to an activating group) is 1. The van der Waals surface area contributed by atoms with Crippen molar-refractivity contribution < 1.29 is 14.2 Å². The smallest absolute Gasteiger partial charge is 0.319 e. The number of likely N-dealkylation sites (tertiary alicyclic amines) is 1. The van der Waals surface area contributed by atoms with E-state index in [0.29, 0.717) is 40.8 Å². The first-order valence-electron chi connectivity index (χ1n) is 13.7. The fourth-order valence-electron chi connectivity index (χ4n) is 6.52. The van der Waals surface area contributed by atoms with Gasteiger partial charge in [0.1, 0.15) is 23.7 Å². The number of ether oxygens (including phenoxy) is 1. The van der Waals surface area contributed by atoms with Gasteiger partial charge in [0.15, 0.2) is 5.82 Å². The van der Waals surface area contributed by atoms with Gasteiger partial charge < -0.3 is 25.0 Å². The zero-order chi connectivity index (χ0) is 26.7. The van der Waals surface area contributed by atoms with Gasteiger partial charge in [-0.2, -0.15) is 9.97 Å². The highest BCUT2D eigenvalue weighted by Gasteiger charge is 2.34. The van der Waals surface area contributed by atoms with Crippen LogP contribution in [0.2, 0.25) is 5.02 Å². The summed E-state index contributed by atoms with van der Waals surface area (Å²) in [4.78, 5) is 14.0.